The van der Waals surface area contributed by atoms with Gasteiger partial charge in [-0.2, -0.15) is 0 Å². The van der Waals surface area contributed by atoms with Crippen LogP contribution in [0.5, 0.6) is 0 Å². The first kappa shape index (κ1) is 14.6. The molecule has 1 aromatic carbocycles. The SMILES string of the molecule is O=C(O)CC1CCN(C(=O)c2cc(Cl)ccc2I)C1. The lowest BCUT2D eigenvalue weighted by atomic mass is 10.1. The van der Waals surface area contributed by atoms with E-state index >= 15 is 0 Å². The van der Waals surface area contributed by atoms with Gasteiger partial charge in [0.15, 0.2) is 0 Å². The monoisotopic (exact) mass is 393 g/mol. The van der Waals surface area contributed by atoms with E-state index in [2.05, 4.69) is 22.6 Å². The average Bonchev–Trinajstić information content (AvgIpc) is 2.79. The lowest BCUT2D eigenvalue weighted by Gasteiger charge is -2.17. The Morgan fingerprint density at radius 2 is 2.21 bits per heavy atom. The van der Waals surface area contributed by atoms with E-state index in [0.717, 1.165) is 9.99 Å². The van der Waals surface area contributed by atoms with Crippen LogP contribution >= 0.6 is 34.2 Å². The van der Waals surface area contributed by atoms with Crippen LogP contribution in [-0.2, 0) is 4.79 Å². The molecule has 1 aliphatic rings. The molecule has 1 atom stereocenters. The fourth-order valence-corrected chi connectivity index (χ4v) is 3.00. The van der Waals surface area contributed by atoms with Crippen LogP contribution in [-0.4, -0.2) is 35.0 Å². The molecule has 1 fully saturated rings. The van der Waals surface area contributed by atoms with Crippen molar-refractivity contribution in [3.05, 3.63) is 32.4 Å². The topological polar surface area (TPSA) is 57.6 Å². The number of halogens is 2. The summed E-state index contributed by atoms with van der Waals surface area (Å²) in [5.74, 6) is -0.824. The molecular weight excluding hydrogens is 381 g/mol. The van der Waals surface area contributed by atoms with E-state index in [9.17, 15) is 9.59 Å². The summed E-state index contributed by atoms with van der Waals surface area (Å²) in [6.07, 6.45) is 0.867. The molecule has 102 valence electrons. The third kappa shape index (κ3) is 3.60. The number of carboxylic acid groups (broad SMARTS) is 1. The first-order chi connectivity index (χ1) is 8.97. The number of aliphatic carboxylic acids is 1. The summed E-state index contributed by atoms with van der Waals surface area (Å²) in [5.41, 5.74) is 0.587. The molecule has 0 aliphatic carbocycles. The number of carboxylic acids is 1. The smallest absolute Gasteiger partial charge is 0.303 e. The second-order valence-electron chi connectivity index (χ2n) is 4.63. The summed E-state index contributed by atoms with van der Waals surface area (Å²) in [7, 11) is 0. The summed E-state index contributed by atoms with van der Waals surface area (Å²) < 4.78 is 0.855. The number of amides is 1. The van der Waals surface area contributed by atoms with Gasteiger partial charge < -0.3 is 10.0 Å². The van der Waals surface area contributed by atoms with Gasteiger partial charge in [0, 0.05) is 28.1 Å². The van der Waals surface area contributed by atoms with Crippen LogP contribution in [0.3, 0.4) is 0 Å². The average molecular weight is 394 g/mol. The van der Waals surface area contributed by atoms with Gasteiger partial charge in [-0.1, -0.05) is 11.6 Å². The minimum absolute atomic E-state index is 0.0540. The maximum Gasteiger partial charge on any atom is 0.303 e. The number of rotatable bonds is 3. The van der Waals surface area contributed by atoms with E-state index in [4.69, 9.17) is 16.7 Å². The highest BCUT2D eigenvalue weighted by atomic mass is 127. The Balaban J connectivity index is 2.09. The molecule has 1 N–H and O–H groups in total. The predicted molar refractivity (Wildman–Crippen MR) is 80.4 cm³/mol. The normalized spacial score (nSPS) is 18.6. The van der Waals surface area contributed by atoms with Gasteiger partial charge in [0.05, 0.1) is 5.56 Å². The molecule has 1 heterocycles. The highest BCUT2D eigenvalue weighted by Gasteiger charge is 2.29. The van der Waals surface area contributed by atoms with Crippen LogP contribution in [0.15, 0.2) is 18.2 Å². The summed E-state index contributed by atoms with van der Waals surface area (Å²) in [6, 6.07) is 5.22. The molecule has 0 saturated carbocycles. The molecule has 1 aliphatic heterocycles. The van der Waals surface area contributed by atoms with Crippen molar-refractivity contribution in [2.24, 2.45) is 5.92 Å². The number of carbonyl (C=O) groups excluding carboxylic acids is 1. The zero-order chi connectivity index (χ0) is 14.0. The second kappa shape index (κ2) is 6.09. The predicted octanol–water partition coefficient (Wildman–Crippen LogP) is 2.88. The summed E-state index contributed by atoms with van der Waals surface area (Å²) in [4.78, 5) is 24.8. The second-order valence-corrected chi connectivity index (χ2v) is 6.23. The molecule has 2 rings (SSSR count). The van der Waals surface area contributed by atoms with Gasteiger partial charge in [-0.25, -0.2) is 0 Å². The number of nitrogens with zero attached hydrogens (tertiary/aromatic N) is 1. The third-order valence-electron chi connectivity index (χ3n) is 3.20. The number of hydrogen-bond donors (Lipinski definition) is 1. The number of hydrogen-bond acceptors (Lipinski definition) is 2. The minimum atomic E-state index is -0.809. The standard InChI is InChI=1S/C13H13ClINO3/c14-9-1-2-11(15)10(6-9)13(19)16-4-3-8(7-16)5-12(17)18/h1-2,6,8H,3-5,7H2,(H,17,18). The van der Waals surface area contributed by atoms with E-state index < -0.39 is 5.97 Å². The lowest BCUT2D eigenvalue weighted by molar-refractivity contribution is -0.138. The van der Waals surface area contributed by atoms with Crippen molar-refractivity contribution in [2.75, 3.05) is 13.1 Å². The molecule has 1 saturated heterocycles. The first-order valence-electron chi connectivity index (χ1n) is 5.93. The molecule has 0 spiro atoms. The molecule has 1 unspecified atom stereocenters. The van der Waals surface area contributed by atoms with Crippen molar-refractivity contribution in [3.8, 4) is 0 Å². The molecule has 0 radical (unpaired) electrons. The highest BCUT2D eigenvalue weighted by Crippen LogP contribution is 2.24. The Labute approximate surface area is 129 Å². The number of likely N-dealkylation sites (tertiary alicyclic amines) is 1. The Hall–Kier alpha value is -0.820. The van der Waals surface area contributed by atoms with E-state index in [1.165, 1.54) is 0 Å². The van der Waals surface area contributed by atoms with Gasteiger partial charge in [-0.05, 0) is 53.1 Å². The maximum atomic E-state index is 12.4. The summed E-state index contributed by atoms with van der Waals surface area (Å²) in [6.45, 7) is 1.12. The lowest BCUT2D eigenvalue weighted by Crippen LogP contribution is -2.29. The maximum absolute atomic E-state index is 12.4. The fourth-order valence-electron chi connectivity index (χ4n) is 2.26. The van der Waals surface area contributed by atoms with E-state index in [1.807, 2.05) is 0 Å². The number of benzene rings is 1. The van der Waals surface area contributed by atoms with Crippen LogP contribution in [0.25, 0.3) is 0 Å². The molecule has 1 amide bonds. The van der Waals surface area contributed by atoms with E-state index in [-0.39, 0.29) is 18.2 Å². The Morgan fingerprint density at radius 1 is 1.47 bits per heavy atom. The summed E-state index contributed by atoms with van der Waals surface area (Å²) in [5, 5.41) is 9.31. The minimum Gasteiger partial charge on any atom is -0.481 e. The van der Waals surface area contributed by atoms with Crippen molar-refractivity contribution in [2.45, 2.75) is 12.8 Å². The van der Waals surface area contributed by atoms with Crippen LogP contribution in [0.4, 0.5) is 0 Å². The zero-order valence-electron chi connectivity index (χ0n) is 10.1. The van der Waals surface area contributed by atoms with Crippen molar-refractivity contribution >= 4 is 46.1 Å². The molecule has 19 heavy (non-hydrogen) atoms. The van der Waals surface area contributed by atoms with Gasteiger partial charge in [0.25, 0.3) is 5.91 Å². The quantitative estimate of drug-likeness (QED) is 0.804. The van der Waals surface area contributed by atoms with Gasteiger partial charge in [0.2, 0.25) is 0 Å². The largest absolute Gasteiger partial charge is 0.481 e. The van der Waals surface area contributed by atoms with E-state index in [0.29, 0.717) is 23.7 Å². The molecular formula is C13H13ClINO3. The Kier molecular flexibility index (Phi) is 4.67. The van der Waals surface area contributed by atoms with Crippen molar-refractivity contribution < 1.29 is 14.7 Å². The Morgan fingerprint density at radius 3 is 2.89 bits per heavy atom. The third-order valence-corrected chi connectivity index (χ3v) is 4.37. The highest BCUT2D eigenvalue weighted by molar-refractivity contribution is 14.1. The fraction of sp³-hybridized carbons (Fsp3) is 0.385. The molecule has 6 heteroatoms. The molecule has 0 bridgehead atoms. The Bertz CT molecular complexity index is 521. The zero-order valence-corrected chi connectivity index (χ0v) is 13.0. The van der Waals surface area contributed by atoms with Gasteiger partial charge in [0.1, 0.15) is 0 Å². The van der Waals surface area contributed by atoms with Crippen LogP contribution in [0.2, 0.25) is 5.02 Å². The van der Waals surface area contributed by atoms with Crippen molar-refractivity contribution in [1.29, 1.82) is 0 Å². The number of carbonyl (C=O) groups is 2. The van der Waals surface area contributed by atoms with Crippen LogP contribution in [0.1, 0.15) is 23.2 Å². The van der Waals surface area contributed by atoms with Crippen LogP contribution in [0, 0.1) is 9.49 Å². The van der Waals surface area contributed by atoms with Crippen molar-refractivity contribution in [3.63, 3.8) is 0 Å². The molecule has 0 aromatic heterocycles. The first-order valence-corrected chi connectivity index (χ1v) is 7.39. The molecule has 1 aromatic rings. The molecule has 4 nitrogen and oxygen atoms in total. The van der Waals surface area contributed by atoms with Crippen LogP contribution < -0.4 is 0 Å². The van der Waals surface area contributed by atoms with Gasteiger partial charge >= 0.3 is 5.97 Å². The van der Waals surface area contributed by atoms with Gasteiger partial charge in [-0.3, -0.25) is 9.59 Å². The van der Waals surface area contributed by atoms with Crippen molar-refractivity contribution in [1.82, 2.24) is 4.90 Å². The van der Waals surface area contributed by atoms with E-state index in [1.54, 1.807) is 23.1 Å². The van der Waals surface area contributed by atoms with Gasteiger partial charge in [-0.15, -0.1) is 0 Å². The summed E-state index contributed by atoms with van der Waals surface area (Å²) >= 11 is 8.02.